The molecule has 1 fully saturated rings. The number of primary amides is 1. The van der Waals surface area contributed by atoms with Gasteiger partial charge in [0.2, 0.25) is 15.9 Å². The number of benzene rings is 2. The number of nitrogens with two attached hydrogens (primary N) is 1. The maximum absolute atomic E-state index is 16.2. The summed E-state index contributed by atoms with van der Waals surface area (Å²) in [5.41, 5.74) is -0.823. The number of aliphatic hydroxyl groups is 1. The number of aromatic nitrogens is 5. The van der Waals surface area contributed by atoms with Crippen molar-refractivity contribution in [1.29, 1.82) is 0 Å². The molecule has 0 bridgehead atoms. The molecule has 0 spiro atoms. The van der Waals surface area contributed by atoms with Crippen LogP contribution in [0.5, 0.6) is 0 Å². The maximum Gasteiger partial charge on any atom is 0.435 e. The first-order valence-electron chi connectivity index (χ1n) is 19.7. The van der Waals surface area contributed by atoms with E-state index < -0.39 is 155 Å². The van der Waals surface area contributed by atoms with Crippen molar-refractivity contribution < 1.29 is 70.6 Å². The Bertz CT molecular complexity index is 3120. The van der Waals surface area contributed by atoms with E-state index in [0.29, 0.717) is 21.3 Å². The van der Waals surface area contributed by atoms with E-state index in [4.69, 9.17) is 17.3 Å². The molecule has 0 aliphatic heterocycles. The molecule has 3 N–H and O–H groups in total. The van der Waals surface area contributed by atoms with Gasteiger partial charge in [0.15, 0.2) is 21.3 Å². The number of halogens is 11. The molecule has 3 aromatic heterocycles. The van der Waals surface area contributed by atoms with Gasteiger partial charge in [0.05, 0.1) is 41.0 Å². The second-order valence-electron chi connectivity index (χ2n) is 16.7. The zero-order chi connectivity index (χ0) is 49.7. The third-order valence-electron chi connectivity index (χ3n) is 11.5. The second-order valence-corrected chi connectivity index (χ2v) is 21.6. The maximum atomic E-state index is 16.2. The van der Waals surface area contributed by atoms with Gasteiger partial charge in [-0.1, -0.05) is 23.6 Å². The Balaban J connectivity index is 1.63. The average molecular weight is 1010 g/mol. The standard InChI is InChI=1S/C41H36ClF10N7O6S2/c1-38(2,66(3,62)63)10-9-22-5-6-23(24-7-8-28(42)30-32(24)57(18-39(45,46)47)56-37(30)58(11-12-60)67(4,64)65)31(54-22)26(15-19-13-20(43)16-21(44)14-19)33(36(53)61)59-35-29(34(55-59)41(50,51)52)25-17-27(25)40(35,48)49/h5-8,13-14,16,25-27,33,60H,11-12,15,17-18H2,1-4H3,(H2,53,61)/t25-,26+,27+,33?/m0/s1. The predicted molar refractivity (Wildman–Crippen MR) is 222 cm³/mol. The fraction of sp³-hybridized carbons (Fsp3) is 0.415. The molecule has 2 aromatic carbocycles. The van der Waals surface area contributed by atoms with Gasteiger partial charge in [0.25, 0.3) is 5.92 Å². The number of alkyl halides is 8. The predicted octanol–water partition coefficient (Wildman–Crippen LogP) is 7.00. The Kier molecular flexibility index (Phi) is 12.3. The summed E-state index contributed by atoms with van der Waals surface area (Å²) in [6.07, 6.45) is -10.2. The second kappa shape index (κ2) is 16.7. The van der Waals surface area contributed by atoms with Crippen molar-refractivity contribution in [3.63, 3.8) is 0 Å². The van der Waals surface area contributed by atoms with Gasteiger partial charge in [-0.15, -0.1) is 0 Å². The van der Waals surface area contributed by atoms with Crippen LogP contribution >= 0.6 is 11.6 Å². The van der Waals surface area contributed by atoms with Crippen LogP contribution in [0.4, 0.5) is 49.7 Å². The largest absolute Gasteiger partial charge is 0.435 e. The molecule has 0 saturated heterocycles. The number of hydrogen-bond acceptors (Lipinski definition) is 9. The summed E-state index contributed by atoms with van der Waals surface area (Å²) < 4.78 is 200. The van der Waals surface area contributed by atoms with Crippen molar-refractivity contribution in [3.05, 3.63) is 93.0 Å². The number of sulfone groups is 1. The molecule has 4 atom stereocenters. The molecule has 5 aromatic rings. The van der Waals surface area contributed by atoms with Crippen LogP contribution < -0.4 is 10.0 Å². The van der Waals surface area contributed by atoms with Gasteiger partial charge in [-0.3, -0.25) is 9.48 Å². The summed E-state index contributed by atoms with van der Waals surface area (Å²) in [6.45, 7) is -1.11. The van der Waals surface area contributed by atoms with Gasteiger partial charge in [-0.2, -0.15) is 45.3 Å². The van der Waals surface area contributed by atoms with Crippen molar-refractivity contribution in [2.75, 3.05) is 30.0 Å². The fourth-order valence-corrected chi connectivity index (χ4v) is 9.61. The molecule has 13 nitrogen and oxygen atoms in total. The Morgan fingerprint density at radius 3 is 2.18 bits per heavy atom. The van der Waals surface area contributed by atoms with Crippen molar-refractivity contribution in [2.45, 2.75) is 74.1 Å². The lowest BCUT2D eigenvalue weighted by atomic mass is 9.84. The average Bonchev–Trinajstić information content (AvgIpc) is 3.67. The molecule has 1 amide bonds. The number of nitrogens with zero attached hydrogens (tertiary/aromatic N) is 6. The van der Waals surface area contributed by atoms with Gasteiger partial charge < -0.3 is 10.8 Å². The minimum absolute atomic E-state index is 0.0892. The van der Waals surface area contributed by atoms with Crippen LogP contribution in [0.25, 0.3) is 22.0 Å². The summed E-state index contributed by atoms with van der Waals surface area (Å²) in [7, 11) is -8.39. The van der Waals surface area contributed by atoms with Crippen molar-refractivity contribution in [2.24, 2.45) is 11.7 Å². The summed E-state index contributed by atoms with van der Waals surface area (Å²) in [6, 6.07) is 3.81. The number of amides is 1. The minimum Gasteiger partial charge on any atom is -0.394 e. The van der Waals surface area contributed by atoms with Crippen LogP contribution in [0, 0.1) is 29.4 Å². The lowest BCUT2D eigenvalue weighted by molar-refractivity contribution is -0.143. The van der Waals surface area contributed by atoms with E-state index in [1.165, 1.54) is 13.8 Å². The summed E-state index contributed by atoms with van der Waals surface area (Å²) in [5.74, 6) is -8.82. The van der Waals surface area contributed by atoms with E-state index in [1.54, 1.807) is 0 Å². The number of aliphatic hydroxyl groups excluding tert-OH is 1. The van der Waals surface area contributed by atoms with E-state index >= 15 is 8.78 Å². The number of pyridine rings is 1. The third kappa shape index (κ3) is 9.28. The summed E-state index contributed by atoms with van der Waals surface area (Å²) in [4.78, 5) is 18.4. The van der Waals surface area contributed by atoms with Gasteiger partial charge >= 0.3 is 12.4 Å². The summed E-state index contributed by atoms with van der Waals surface area (Å²) in [5, 5.41) is 16.4. The van der Waals surface area contributed by atoms with Gasteiger partial charge in [-0.25, -0.2) is 39.6 Å². The SMILES string of the molecule is CC(C)(C#Cc1ccc(-c2ccc(Cl)c3c(N(CCO)S(C)(=O)=O)nn(CC(F)(F)F)c23)c([C@@H](Cc2cc(F)cc(F)c2)C(C(N)=O)n2nc(C(F)(F)F)c3c2C(F)(F)[C@@H]2C[C@H]32)n1)S(C)(=O)=O. The topological polar surface area (TPSA) is 183 Å². The molecule has 360 valence electrons. The highest BCUT2D eigenvalue weighted by atomic mass is 35.5. The molecule has 3 heterocycles. The van der Waals surface area contributed by atoms with Gasteiger partial charge in [0, 0.05) is 40.8 Å². The first-order valence-corrected chi connectivity index (χ1v) is 23.8. The minimum atomic E-state index is -5.38. The van der Waals surface area contributed by atoms with E-state index in [0.717, 1.165) is 42.7 Å². The zero-order valence-electron chi connectivity index (χ0n) is 35.1. The van der Waals surface area contributed by atoms with Crippen molar-refractivity contribution in [3.8, 4) is 23.0 Å². The zero-order valence-corrected chi connectivity index (χ0v) is 37.5. The first-order chi connectivity index (χ1) is 30.8. The van der Waals surface area contributed by atoms with Crippen LogP contribution in [-0.2, 0) is 49.7 Å². The Labute approximate surface area is 379 Å². The number of carbonyl (C=O) groups excluding carboxylic acids is 1. The third-order valence-corrected chi connectivity index (χ3v) is 15.0. The number of carbonyl (C=O) groups is 1. The Hall–Kier alpha value is -5.45. The van der Waals surface area contributed by atoms with E-state index in [-0.39, 0.29) is 33.5 Å². The normalized spacial score (nSPS) is 18.0. The Morgan fingerprint density at radius 2 is 1.63 bits per heavy atom. The van der Waals surface area contributed by atoms with E-state index in [9.17, 15) is 61.9 Å². The highest BCUT2D eigenvalue weighted by molar-refractivity contribution is 7.92. The van der Waals surface area contributed by atoms with E-state index in [2.05, 4.69) is 27.0 Å². The quantitative estimate of drug-likeness (QED) is 0.0927. The number of rotatable bonds is 13. The molecule has 1 unspecified atom stereocenters. The number of hydrogen-bond donors (Lipinski definition) is 2. The number of anilines is 1. The monoisotopic (exact) mass is 1010 g/mol. The van der Waals surface area contributed by atoms with Crippen molar-refractivity contribution >= 4 is 54.1 Å². The highest BCUT2D eigenvalue weighted by Gasteiger charge is 2.69. The fourth-order valence-electron chi connectivity index (χ4n) is 8.28. The molecule has 0 radical (unpaired) electrons. The molecule has 2 aliphatic carbocycles. The van der Waals surface area contributed by atoms with E-state index in [1.807, 2.05) is 0 Å². The summed E-state index contributed by atoms with van der Waals surface area (Å²) >= 11 is 6.58. The smallest absolute Gasteiger partial charge is 0.394 e. The van der Waals surface area contributed by atoms with Crippen LogP contribution in [0.2, 0.25) is 5.02 Å². The van der Waals surface area contributed by atoms with Crippen LogP contribution in [0.1, 0.15) is 72.0 Å². The van der Waals surface area contributed by atoms with Crippen LogP contribution in [-0.4, -0.2) is 89.0 Å². The lowest BCUT2D eigenvalue weighted by Gasteiger charge is -2.29. The highest BCUT2D eigenvalue weighted by Crippen LogP contribution is 2.69. The van der Waals surface area contributed by atoms with Crippen LogP contribution in [0.15, 0.2) is 42.5 Å². The molecular weight excluding hydrogens is 976 g/mol. The van der Waals surface area contributed by atoms with Crippen LogP contribution in [0.3, 0.4) is 0 Å². The first kappa shape index (κ1) is 49.5. The lowest BCUT2D eigenvalue weighted by Crippen LogP contribution is -2.37. The molecule has 2 aliphatic rings. The molecule has 1 saturated carbocycles. The molecule has 26 heteroatoms. The number of sulfonamides is 1. The molecular formula is C41H36ClF10N7O6S2. The molecule has 7 rings (SSSR count). The van der Waals surface area contributed by atoms with Gasteiger partial charge in [-0.05, 0) is 74.4 Å². The number of fused-ring (bicyclic) bond motifs is 4. The van der Waals surface area contributed by atoms with Gasteiger partial charge in [0.1, 0.15) is 40.4 Å². The van der Waals surface area contributed by atoms with Crippen molar-refractivity contribution in [1.82, 2.24) is 24.5 Å². The molecule has 67 heavy (non-hydrogen) atoms. The Morgan fingerprint density at radius 1 is 1.00 bits per heavy atom.